The maximum Gasteiger partial charge on any atom is 0.138 e. The fourth-order valence-corrected chi connectivity index (χ4v) is 3.05. The highest BCUT2D eigenvalue weighted by Gasteiger charge is 2.34. The molecule has 1 heterocycles. The van der Waals surface area contributed by atoms with Crippen molar-refractivity contribution >= 4 is 17.4 Å². The summed E-state index contributed by atoms with van der Waals surface area (Å²) in [6, 6.07) is 16.8. The van der Waals surface area contributed by atoms with Crippen LogP contribution in [-0.4, -0.2) is 12.1 Å². The Morgan fingerprint density at radius 1 is 1.05 bits per heavy atom. The van der Waals surface area contributed by atoms with Gasteiger partial charge in [-0.25, -0.2) is 0 Å². The Kier molecular flexibility index (Phi) is 2.57. The Morgan fingerprint density at radius 3 is 2.67 bits per heavy atom. The lowest BCUT2D eigenvalue weighted by molar-refractivity contribution is 0.129. The summed E-state index contributed by atoms with van der Waals surface area (Å²) in [5.41, 5.74) is 9.06. The van der Waals surface area contributed by atoms with Gasteiger partial charge in [0.05, 0.1) is 0 Å². The Hall–Kier alpha value is -2.32. The molecule has 0 bridgehead atoms. The highest BCUT2D eigenvalue weighted by molar-refractivity contribution is 6.00. The van der Waals surface area contributed by atoms with E-state index in [-0.39, 0.29) is 0 Å². The van der Waals surface area contributed by atoms with Gasteiger partial charge in [-0.3, -0.25) is 0 Å². The molecule has 2 heteroatoms. The van der Waals surface area contributed by atoms with Crippen molar-refractivity contribution in [3.05, 3.63) is 76.2 Å². The van der Waals surface area contributed by atoms with Gasteiger partial charge in [0, 0.05) is 17.3 Å². The normalized spacial score (nSPS) is 22.2. The zero-order valence-corrected chi connectivity index (χ0v) is 12.0. The number of hydrogen-bond donors (Lipinski definition) is 1. The molecule has 0 spiro atoms. The monoisotopic (exact) mass is 275 g/mol. The molecule has 0 saturated carbocycles. The van der Waals surface area contributed by atoms with Gasteiger partial charge in [0.2, 0.25) is 0 Å². The quantitative estimate of drug-likeness (QED) is 0.861. The molecule has 21 heavy (non-hydrogen) atoms. The van der Waals surface area contributed by atoms with E-state index in [1.807, 2.05) is 6.92 Å². The van der Waals surface area contributed by atoms with Crippen LogP contribution in [0.1, 0.15) is 18.1 Å². The number of benzene rings is 2. The summed E-state index contributed by atoms with van der Waals surface area (Å²) in [5.74, 6) is 0.944. The number of ether oxygens (including phenoxy) is 1. The van der Waals surface area contributed by atoms with E-state index in [1.165, 1.54) is 16.3 Å². The van der Waals surface area contributed by atoms with Gasteiger partial charge in [-0.05, 0) is 35.4 Å². The third-order valence-electron chi connectivity index (χ3n) is 4.20. The second-order valence-corrected chi connectivity index (χ2v) is 5.82. The van der Waals surface area contributed by atoms with Crippen LogP contribution >= 0.6 is 0 Å². The van der Waals surface area contributed by atoms with Crippen LogP contribution in [0.4, 0.5) is 0 Å². The number of nitrogens with two attached hydrogens (primary N) is 1. The zero-order chi connectivity index (χ0) is 14.4. The molecular formula is C19H17NO. The van der Waals surface area contributed by atoms with Crippen LogP contribution in [0.5, 0.6) is 0 Å². The topological polar surface area (TPSA) is 35.2 Å². The van der Waals surface area contributed by atoms with E-state index < -0.39 is 5.60 Å². The molecular weight excluding hydrogens is 258 g/mol. The van der Waals surface area contributed by atoms with Gasteiger partial charge < -0.3 is 10.5 Å². The molecule has 0 aromatic heterocycles. The average molecular weight is 275 g/mol. The van der Waals surface area contributed by atoms with E-state index in [0.29, 0.717) is 6.54 Å². The molecule has 4 rings (SSSR count). The van der Waals surface area contributed by atoms with Crippen LogP contribution in [0, 0.1) is 0 Å². The summed E-state index contributed by atoms with van der Waals surface area (Å²) in [6.07, 6.45) is 4.39. The van der Waals surface area contributed by atoms with Gasteiger partial charge in [0.1, 0.15) is 11.4 Å². The van der Waals surface area contributed by atoms with E-state index in [2.05, 4.69) is 60.7 Å². The molecule has 0 radical (unpaired) electrons. The van der Waals surface area contributed by atoms with Gasteiger partial charge in [0.15, 0.2) is 0 Å². The van der Waals surface area contributed by atoms with Crippen molar-refractivity contribution in [2.75, 3.05) is 6.54 Å². The lowest BCUT2D eigenvalue weighted by Crippen LogP contribution is -2.34. The van der Waals surface area contributed by atoms with Gasteiger partial charge >= 0.3 is 0 Å². The fourth-order valence-electron chi connectivity index (χ4n) is 3.05. The molecule has 0 fully saturated rings. The third-order valence-corrected chi connectivity index (χ3v) is 4.20. The van der Waals surface area contributed by atoms with E-state index in [4.69, 9.17) is 10.5 Å². The maximum atomic E-state index is 6.24. The summed E-state index contributed by atoms with van der Waals surface area (Å²) >= 11 is 0. The van der Waals surface area contributed by atoms with Crippen molar-refractivity contribution in [2.24, 2.45) is 5.73 Å². The third kappa shape index (κ3) is 1.83. The number of rotatable bonds is 1. The fraction of sp³-hybridized carbons (Fsp3) is 0.158. The summed E-state index contributed by atoms with van der Waals surface area (Å²) in [5, 5.41) is 2.32. The van der Waals surface area contributed by atoms with Gasteiger partial charge in [-0.2, -0.15) is 0 Å². The Labute approximate surface area is 123 Å². The standard InChI is InChI=1S/C19H17NO/c1-19(12-20)11-17-15-8-4-2-6-13(15)10-14-7-3-5-9-16(14)18(17)21-19/h2-11H,12,20H2,1H3. The van der Waals surface area contributed by atoms with E-state index in [1.54, 1.807) is 0 Å². The largest absolute Gasteiger partial charge is 0.481 e. The molecule has 2 aromatic rings. The minimum atomic E-state index is -0.428. The van der Waals surface area contributed by atoms with Crippen LogP contribution in [0.3, 0.4) is 0 Å². The summed E-state index contributed by atoms with van der Waals surface area (Å²) in [4.78, 5) is 0. The molecule has 2 aromatic carbocycles. The molecule has 1 unspecified atom stereocenters. The van der Waals surface area contributed by atoms with Crippen LogP contribution in [0.15, 0.2) is 54.6 Å². The van der Waals surface area contributed by atoms with Crippen molar-refractivity contribution < 1.29 is 4.74 Å². The Bertz CT molecular complexity index is 878. The van der Waals surface area contributed by atoms with E-state index in [0.717, 1.165) is 16.6 Å². The summed E-state index contributed by atoms with van der Waals surface area (Å²) < 4.78 is 6.24. The minimum Gasteiger partial charge on any atom is -0.481 e. The molecule has 1 aliphatic heterocycles. The SMILES string of the molecule is CC1(CN)C=C2C(=c3ccccc3=Cc3ccccc32)O1. The van der Waals surface area contributed by atoms with Crippen LogP contribution in [0.2, 0.25) is 0 Å². The first-order chi connectivity index (χ1) is 10.2. The summed E-state index contributed by atoms with van der Waals surface area (Å²) in [7, 11) is 0. The number of fused-ring (bicyclic) bond motifs is 4. The molecule has 0 amide bonds. The maximum absolute atomic E-state index is 6.24. The lowest BCUT2D eigenvalue weighted by Gasteiger charge is -2.20. The van der Waals surface area contributed by atoms with Gasteiger partial charge in [-0.1, -0.05) is 48.5 Å². The predicted molar refractivity (Wildman–Crippen MR) is 85.6 cm³/mol. The second kappa shape index (κ2) is 4.34. The molecule has 2 aliphatic rings. The molecule has 0 saturated heterocycles. The average Bonchev–Trinajstić information content (AvgIpc) is 2.81. The lowest BCUT2D eigenvalue weighted by atomic mass is 9.97. The first kappa shape index (κ1) is 12.4. The highest BCUT2D eigenvalue weighted by atomic mass is 16.5. The van der Waals surface area contributed by atoms with Crippen molar-refractivity contribution in [3.63, 3.8) is 0 Å². The van der Waals surface area contributed by atoms with Crippen LogP contribution in [-0.2, 0) is 4.74 Å². The van der Waals surface area contributed by atoms with Crippen molar-refractivity contribution in [1.82, 2.24) is 0 Å². The van der Waals surface area contributed by atoms with Crippen molar-refractivity contribution in [3.8, 4) is 0 Å². The Morgan fingerprint density at radius 2 is 1.81 bits per heavy atom. The smallest absolute Gasteiger partial charge is 0.138 e. The summed E-state index contributed by atoms with van der Waals surface area (Å²) in [6.45, 7) is 2.50. The highest BCUT2D eigenvalue weighted by Crippen LogP contribution is 2.39. The van der Waals surface area contributed by atoms with Gasteiger partial charge in [-0.15, -0.1) is 0 Å². The second-order valence-electron chi connectivity index (χ2n) is 5.82. The molecule has 104 valence electrons. The minimum absolute atomic E-state index is 0.428. The molecule has 2 N–H and O–H groups in total. The van der Waals surface area contributed by atoms with E-state index >= 15 is 0 Å². The number of hydrogen-bond acceptors (Lipinski definition) is 2. The molecule has 1 aliphatic carbocycles. The van der Waals surface area contributed by atoms with Crippen molar-refractivity contribution in [2.45, 2.75) is 12.5 Å². The first-order valence-corrected chi connectivity index (χ1v) is 7.23. The first-order valence-electron chi connectivity index (χ1n) is 7.23. The predicted octanol–water partition coefficient (Wildman–Crippen LogP) is 1.77. The molecule has 1 atom stereocenters. The zero-order valence-electron chi connectivity index (χ0n) is 12.0. The van der Waals surface area contributed by atoms with E-state index in [9.17, 15) is 0 Å². The molecule has 2 nitrogen and oxygen atoms in total. The Balaban J connectivity index is 2.15. The van der Waals surface area contributed by atoms with Crippen LogP contribution < -0.4 is 16.2 Å². The van der Waals surface area contributed by atoms with Gasteiger partial charge in [0.25, 0.3) is 0 Å². The van der Waals surface area contributed by atoms with Crippen molar-refractivity contribution in [1.29, 1.82) is 0 Å². The van der Waals surface area contributed by atoms with Crippen LogP contribution in [0.25, 0.3) is 17.4 Å².